The van der Waals surface area contributed by atoms with E-state index in [-0.39, 0.29) is 65.4 Å². The topological polar surface area (TPSA) is 348 Å². The van der Waals surface area contributed by atoms with E-state index in [0.29, 0.717) is 57.5 Å². The molecule has 6 aromatic rings. The molecule has 3 aliphatic rings. The Hall–Kier alpha value is -8.60. The molecular weight excluding hydrogens is 1160 g/mol. The van der Waals surface area contributed by atoms with Gasteiger partial charge in [-0.05, 0) is 152 Å². The molecule has 27 nitrogen and oxygen atoms in total. The highest BCUT2D eigenvalue weighted by atomic mass is 32.1. The average Bonchev–Trinajstić information content (AvgIpc) is 3.11. The number of nitro groups is 3. The minimum atomic E-state index is -0.750. The van der Waals surface area contributed by atoms with Gasteiger partial charge in [0.1, 0.15) is 11.6 Å². The number of nitrogen functional groups attached to an aromatic ring is 3. The van der Waals surface area contributed by atoms with Crippen molar-refractivity contribution < 1.29 is 27.9 Å². The molecule has 89 heavy (non-hydrogen) atoms. The van der Waals surface area contributed by atoms with Gasteiger partial charge in [0.25, 0.3) is 0 Å². The number of anilines is 6. The normalized spacial score (nSPS) is 13.8. The summed E-state index contributed by atoms with van der Waals surface area (Å²) in [6.07, 6.45) is 9.25. The van der Waals surface area contributed by atoms with Crippen LogP contribution in [0.3, 0.4) is 0 Å². The smallest absolute Gasteiger partial charge is 0.353 e. The highest BCUT2D eigenvalue weighted by molar-refractivity contribution is 7.51. The number of ether oxygens (including phenoxy) is 1. The van der Waals surface area contributed by atoms with Gasteiger partial charge < -0.3 is 36.6 Å². The van der Waals surface area contributed by atoms with E-state index in [1.165, 1.54) is 55.2 Å². The van der Waals surface area contributed by atoms with Crippen LogP contribution in [0, 0.1) is 44.2 Å². The molecule has 0 spiro atoms. The van der Waals surface area contributed by atoms with E-state index in [0.717, 1.165) is 88.4 Å². The summed E-state index contributed by atoms with van der Waals surface area (Å²) in [7, 11) is 0. The van der Waals surface area contributed by atoms with Gasteiger partial charge in [-0.25, -0.2) is 19.9 Å². The zero-order chi connectivity index (χ0) is 63.7. The first-order valence-electron chi connectivity index (χ1n) is 30.0. The maximum Gasteiger partial charge on any atom is 0.353 e. The number of nitrogens with zero attached hydrogens (tertiary/aromatic N) is 15. The Balaban J connectivity index is 0.000000237. The quantitative estimate of drug-likeness (QED) is 0.0273. The first-order valence-corrected chi connectivity index (χ1v) is 30.7. The molecular formula is C61H88N18O9S. The summed E-state index contributed by atoms with van der Waals surface area (Å²) in [6, 6.07) is 24.8. The predicted octanol–water partition coefficient (Wildman–Crippen LogP) is 9.53. The average molecular weight is 1250 g/mol. The fourth-order valence-electron chi connectivity index (χ4n) is 10.9. The fourth-order valence-corrected chi connectivity index (χ4v) is 10.9. The molecule has 0 atom stereocenters. The van der Waals surface area contributed by atoms with Gasteiger partial charge in [0.2, 0.25) is 34.9 Å². The van der Waals surface area contributed by atoms with Crippen LogP contribution in [0.2, 0.25) is 0 Å². The number of benzene rings is 3. The number of hydrogen-bond acceptors (Lipinski definition) is 24. The molecule has 9 rings (SSSR count). The van der Waals surface area contributed by atoms with Crippen LogP contribution in [0.4, 0.5) is 52.0 Å². The summed E-state index contributed by atoms with van der Waals surface area (Å²) < 4.78 is 22.2. The van der Waals surface area contributed by atoms with Crippen molar-refractivity contribution in [2.45, 2.75) is 140 Å². The summed E-state index contributed by atoms with van der Waals surface area (Å²) in [4.78, 5) is 71.3. The van der Waals surface area contributed by atoms with E-state index in [4.69, 9.17) is 30.4 Å². The molecule has 0 saturated carbocycles. The lowest BCUT2D eigenvalue weighted by molar-refractivity contribution is -0.383. The second-order valence-corrected chi connectivity index (χ2v) is 21.7. The molecule has 3 aromatic carbocycles. The summed E-state index contributed by atoms with van der Waals surface area (Å²) in [5.74, 6) is 1.26. The number of unbranched alkanes of at least 4 members (excludes halogenated alkanes) is 1. The van der Waals surface area contributed by atoms with Gasteiger partial charge in [-0.3, -0.25) is 45.0 Å². The maximum absolute atomic E-state index is 11.8. The maximum atomic E-state index is 11.8. The highest BCUT2D eigenvalue weighted by Gasteiger charge is 2.31. The van der Waals surface area contributed by atoms with E-state index in [1.807, 2.05) is 71.9 Å². The Kier molecular flexibility index (Phi) is 28.8. The number of hydrogen-bond donors (Lipinski definition) is 3. The standard InChI is InChI=1S/C22H32N6O3.2C19H26N6O2.CH4.O2S/c1-3-5-14-31-22-24-20(23)19(28(29)30)21(25-22)27(4-2)16-18-11-7-6-10-17(18)15-26-12-8-9-13-26;2*1-3-24(19-17(25(26)27)18(20)21-14(2)22-19)13-16-9-5-4-8-15(16)12-23-10-6-7-11-23;;1-3-2/h6-7,10-11H,3-5,8-9,12-16H2,1-2H3,(H2,23,24,25);2*4-5,8-9H,3,6-7,10-13H2,1-2H3,(H2,20,21,22);1H4;. The van der Waals surface area contributed by atoms with Crippen LogP contribution in [0.5, 0.6) is 6.01 Å². The minimum absolute atomic E-state index is 0. The largest absolute Gasteiger partial charge is 0.463 e. The van der Waals surface area contributed by atoms with Crippen LogP contribution < -0.4 is 36.6 Å². The van der Waals surface area contributed by atoms with Gasteiger partial charge >= 0.3 is 34.6 Å². The van der Waals surface area contributed by atoms with Crippen LogP contribution in [0.1, 0.15) is 132 Å². The van der Waals surface area contributed by atoms with E-state index >= 15 is 0 Å². The predicted molar refractivity (Wildman–Crippen MR) is 348 cm³/mol. The van der Waals surface area contributed by atoms with E-state index in [2.05, 4.69) is 87.9 Å². The third-order valence-corrected chi connectivity index (χ3v) is 15.4. The Morgan fingerprint density at radius 1 is 0.483 bits per heavy atom. The molecule has 6 heterocycles. The number of rotatable bonds is 25. The third kappa shape index (κ3) is 20.5. The number of aryl methyl sites for hydroxylation is 2. The lowest BCUT2D eigenvalue weighted by Gasteiger charge is -2.25. The Morgan fingerprint density at radius 3 is 1.04 bits per heavy atom. The fraction of sp³-hybridized carbons (Fsp3) is 0.508. The summed E-state index contributed by atoms with van der Waals surface area (Å²) in [6.45, 7) is 24.4. The molecule has 6 N–H and O–H groups in total. The van der Waals surface area contributed by atoms with Crippen molar-refractivity contribution in [3.8, 4) is 6.01 Å². The van der Waals surface area contributed by atoms with Crippen molar-refractivity contribution in [1.29, 1.82) is 0 Å². The number of nitrogens with two attached hydrogens (primary N) is 3. The Morgan fingerprint density at radius 2 is 0.764 bits per heavy atom. The SMILES string of the molecule is C.CCCCOc1nc(N)c([N+](=O)[O-])c(N(CC)Cc2ccccc2CN2CCCC2)n1.CCN(Cc1ccccc1CN1CCCC1)c1nc(C)nc(N)c1[N+](=O)[O-].CCN(Cc1ccccc1CN1CCCC1)c1nc(C)nc(N)c1[N+](=O)[O-].O=S=O. The Bertz CT molecular complexity index is 3170. The Labute approximate surface area is 525 Å². The van der Waals surface area contributed by atoms with Gasteiger partial charge in [0.15, 0.2) is 0 Å². The lowest BCUT2D eigenvalue weighted by atomic mass is 10.1. The van der Waals surface area contributed by atoms with E-state index in [1.54, 1.807) is 13.8 Å². The molecule has 3 fully saturated rings. The van der Waals surface area contributed by atoms with Crippen LogP contribution in [-0.4, -0.2) is 133 Å². The molecule has 482 valence electrons. The number of aromatic nitrogens is 6. The highest BCUT2D eigenvalue weighted by Crippen LogP contribution is 2.36. The van der Waals surface area contributed by atoms with Gasteiger partial charge in [0, 0.05) is 58.9 Å². The molecule has 0 radical (unpaired) electrons. The van der Waals surface area contributed by atoms with Crippen LogP contribution >= 0.6 is 0 Å². The van der Waals surface area contributed by atoms with Crippen LogP contribution in [0.15, 0.2) is 72.8 Å². The molecule has 3 aromatic heterocycles. The molecule has 0 bridgehead atoms. The third-order valence-electron chi connectivity index (χ3n) is 15.4. The van der Waals surface area contributed by atoms with Crippen molar-refractivity contribution in [3.63, 3.8) is 0 Å². The van der Waals surface area contributed by atoms with E-state index < -0.39 is 26.3 Å². The number of likely N-dealkylation sites (tertiary alicyclic amines) is 3. The van der Waals surface area contributed by atoms with Crippen LogP contribution in [0.25, 0.3) is 0 Å². The van der Waals surface area contributed by atoms with Crippen molar-refractivity contribution in [3.05, 3.63) is 148 Å². The van der Waals surface area contributed by atoms with Gasteiger partial charge in [0.05, 0.1) is 21.4 Å². The van der Waals surface area contributed by atoms with Gasteiger partial charge in [-0.15, -0.1) is 0 Å². The summed E-state index contributed by atoms with van der Waals surface area (Å²) in [5.41, 5.74) is 24.0. The second-order valence-electron chi connectivity index (χ2n) is 21.6. The van der Waals surface area contributed by atoms with Crippen molar-refractivity contribution in [2.24, 2.45) is 0 Å². The van der Waals surface area contributed by atoms with Gasteiger partial charge in [-0.1, -0.05) is 93.6 Å². The van der Waals surface area contributed by atoms with Crippen molar-refractivity contribution in [1.82, 2.24) is 44.6 Å². The van der Waals surface area contributed by atoms with Crippen LogP contribution in [-0.2, 0) is 50.8 Å². The van der Waals surface area contributed by atoms with Crippen molar-refractivity contribution >= 4 is 63.5 Å². The zero-order valence-electron chi connectivity index (χ0n) is 51.4. The first kappa shape index (κ1) is 71.2. The monoisotopic (exact) mass is 1250 g/mol. The molecule has 28 heteroatoms. The summed E-state index contributed by atoms with van der Waals surface area (Å²) >= 11 is -0.750. The lowest BCUT2D eigenvalue weighted by Crippen LogP contribution is -2.27. The molecule has 0 amide bonds. The second kappa shape index (κ2) is 36.0. The molecule has 3 aliphatic heterocycles. The van der Waals surface area contributed by atoms with E-state index in [9.17, 15) is 30.3 Å². The summed E-state index contributed by atoms with van der Waals surface area (Å²) in [5, 5.41) is 34.8. The minimum Gasteiger partial charge on any atom is -0.463 e. The molecule has 0 unspecified atom stereocenters. The van der Waals surface area contributed by atoms with Crippen molar-refractivity contribution in [2.75, 3.05) is 97.4 Å². The van der Waals surface area contributed by atoms with Gasteiger partial charge in [-0.2, -0.15) is 18.4 Å². The molecule has 0 aliphatic carbocycles. The molecule has 3 saturated heterocycles. The zero-order valence-corrected chi connectivity index (χ0v) is 52.2. The first-order chi connectivity index (χ1) is 42.4.